The van der Waals surface area contributed by atoms with Crippen molar-refractivity contribution in [1.29, 1.82) is 0 Å². The highest BCUT2D eigenvalue weighted by Crippen LogP contribution is 2.37. The highest BCUT2D eigenvalue weighted by molar-refractivity contribution is 7.99. The molecule has 0 amide bonds. The smallest absolute Gasteiger partial charge is 0.208 e. The van der Waals surface area contributed by atoms with Crippen molar-refractivity contribution in [3.05, 3.63) is 63.7 Å². The molecule has 0 saturated carbocycles. The van der Waals surface area contributed by atoms with Crippen LogP contribution in [0.5, 0.6) is 0 Å². The Balaban J connectivity index is 1.67. The summed E-state index contributed by atoms with van der Waals surface area (Å²) in [6, 6.07) is 13.7. The van der Waals surface area contributed by atoms with Gasteiger partial charge in [-0.15, -0.1) is 11.3 Å². The fraction of sp³-hybridized carbons (Fsp3) is 0.294. The zero-order valence-corrected chi connectivity index (χ0v) is 15.1. The summed E-state index contributed by atoms with van der Waals surface area (Å²) in [5.74, 6) is 0.834. The number of hydrogen-bond donors (Lipinski definition) is 0. The number of sulfonamides is 1. The second kappa shape index (κ2) is 7.66. The van der Waals surface area contributed by atoms with Crippen LogP contribution >= 0.6 is 23.1 Å². The van der Waals surface area contributed by atoms with Gasteiger partial charge in [0.1, 0.15) is 0 Å². The Kier molecular flexibility index (Phi) is 5.58. The van der Waals surface area contributed by atoms with Gasteiger partial charge in [0, 0.05) is 34.4 Å². The molecule has 0 bridgehead atoms. The van der Waals surface area contributed by atoms with E-state index in [4.69, 9.17) is 0 Å². The van der Waals surface area contributed by atoms with Crippen LogP contribution in [0.1, 0.15) is 22.1 Å². The van der Waals surface area contributed by atoms with Crippen LogP contribution < -0.4 is 0 Å². The predicted octanol–water partition coefficient (Wildman–Crippen LogP) is 4.23. The van der Waals surface area contributed by atoms with E-state index in [9.17, 15) is 8.42 Å². The Bertz CT molecular complexity index is 739. The van der Waals surface area contributed by atoms with Crippen molar-refractivity contribution in [2.24, 2.45) is 0 Å². The first kappa shape index (κ1) is 16.8. The van der Waals surface area contributed by atoms with Crippen molar-refractivity contribution in [2.75, 3.05) is 18.8 Å². The fourth-order valence-electron chi connectivity index (χ4n) is 2.52. The maximum absolute atomic E-state index is 12.5. The van der Waals surface area contributed by atoms with Crippen LogP contribution in [-0.4, -0.2) is 31.6 Å². The zero-order valence-electron chi connectivity index (χ0n) is 12.7. The van der Waals surface area contributed by atoms with Crippen molar-refractivity contribution in [2.45, 2.75) is 11.7 Å². The molecule has 1 aliphatic heterocycles. The summed E-state index contributed by atoms with van der Waals surface area (Å²) in [5, 5.41) is 3.82. The first-order valence-corrected chi connectivity index (χ1v) is 11.0. The lowest BCUT2D eigenvalue weighted by atomic mass is 10.2. The highest BCUT2D eigenvalue weighted by atomic mass is 32.2. The minimum Gasteiger partial charge on any atom is -0.208 e. The normalized spacial score (nSPS) is 20.6. The molecule has 0 aliphatic carbocycles. The summed E-state index contributed by atoms with van der Waals surface area (Å²) in [6.07, 6.45) is 2.54. The second-order valence-electron chi connectivity index (χ2n) is 5.32. The molecule has 1 fully saturated rings. The number of thioether (sulfide) groups is 1. The number of hydrogen-bond acceptors (Lipinski definition) is 4. The fourth-order valence-corrected chi connectivity index (χ4v) is 6.08. The highest BCUT2D eigenvalue weighted by Gasteiger charge is 2.25. The van der Waals surface area contributed by atoms with Gasteiger partial charge in [0.25, 0.3) is 0 Å². The summed E-state index contributed by atoms with van der Waals surface area (Å²) in [7, 11) is -3.35. The maximum atomic E-state index is 12.5. The van der Waals surface area contributed by atoms with Crippen LogP contribution in [0.3, 0.4) is 0 Å². The van der Waals surface area contributed by atoms with E-state index in [-0.39, 0.29) is 0 Å². The van der Waals surface area contributed by atoms with Gasteiger partial charge in [-0.1, -0.05) is 36.4 Å². The molecular weight excluding hydrogens is 346 g/mol. The van der Waals surface area contributed by atoms with E-state index in [2.05, 4.69) is 17.5 Å². The van der Waals surface area contributed by atoms with E-state index in [0.717, 1.165) is 17.7 Å². The lowest BCUT2D eigenvalue weighted by molar-refractivity contribution is 0.435. The van der Waals surface area contributed by atoms with Gasteiger partial charge in [-0.3, -0.25) is 0 Å². The third kappa shape index (κ3) is 4.47. The largest absolute Gasteiger partial charge is 0.236 e. The standard InChI is InChI=1S/C17H19NO2S3/c19-23(20,14-9-15-5-2-1-3-6-15)18-10-8-17(22-13-11-18)16-7-4-12-21-16/h1-7,9,12,14,17H,8,10-11,13H2/b14-9+/t17-/m0/s1. The van der Waals surface area contributed by atoms with E-state index < -0.39 is 10.0 Å². The van der Waals surface area contributed by atoms with Crippen LogP contribution in [0.25, 0.3) is 6.08 Å². The van der Waals surface area contributed by atoms with Gasteiger partial charge in [-0.05, 0) is 29.5 Å². The molecule has 0 radical (unpaired) electrons. The molecule has 0 spiro atoms. The quantitative estimate of drug-likeness (QED) is 0.814. The SMILES string of the molecule is O=S(=O)(/C=C/c1ccccc1)N1CCS[C@H](c2cccs2)CC1. The average Bonchev–Trinajstić information content (AvgIpc) is 2.98. The number of benzene rings is 1. The first-order valence-electron chi connectivity index (χ1n) is 7.53. The van der Waals surface area contributed by atoms with Gasteiger partial charge < -0.3 is 0 Å². The topological polar surface area (TPSA) is 37.4 Å². The molecule has 1 aromatic carbocycles. The van der Waals surface area contributed by atoms with Crippen LogP contribution in [-0.2, 0) is 10.0 Å². The minimum atomic E-state index is -3.35. The summed E-state index contributed by atoms with van der Waals surface area (Å²) >= 11 is 3.61. The summed E-state index contributed by atoms with van der Waals surface area (Å²) in [5.41, 5.74) is 0.900. The monoisotopic (exact) mass is 365 g/mol. The molecular formula is C17H19NO2S3. The summed E-state index contributed by atoms with van der Waals surface area (Å²) in [6.45, 7) is 1.16. The molecule has 0 N–H and O–H groups in total. The van der Waals surface area contributed by atoms with Crippen LogP contribution in [0.2, 0.25) is 0 Å². The average molecular weight is 366 g/mol. The van der Waals surface area contributed by atoms with Gasteiger partial charge in [-0.2, -0.15) is 16.1 Å². The van der Waals surface area contributed by atoms with Crippen molar-refractivity contribution in [3.8, 4) is 0 Å². The van der Waals surface area contributed by atoms with Crippen molar-refractivity contribution in [3.63, 3.8) is 0 Å². The van der Waals surface area contributed by atoms with Gasteiger partial charge in [0.05, 0.1) is 0 Å². The van der Waals surface area contributed by atoms with Crippen molar-refractivity contribution in [1.82, 2.24) is 4.31 Å². The van der Waals surface area contributed by atoms with Crippen LogP contribution in [0.15, 0.2) is 53.3 Å². The van der Waals surface area contributed by atoms with E-state index >= 15 is 0 Å². The lowest BCUT2D eigenvalue weighted by Gasteiger charge is -2.17. The molecule has 23 heavy (non-hydrogen) atoms. The lowest BCUT2D eigenvalue weighted by Crippen LogP contribution is -2.31. The summed E-state index contributed by atoms with van der Waals surface area (Å²) < 4.78 is 26.7. The van der Waals surface area contributed by atoms with E-state index in [1.54, 1.807) is 21.7 Å². The maximum Gasteiger partial charge on any atom is 0.236 e. The third-order valence-corrected chi connectivity index (χ3v) is 7.76. The third-order valence-electron chi connectivity index (χ3n) is 3.75. The predicted molar refractivity (Wildman–Crippen MR) is 100 cm³/mol. The van der Waals surface area contributed by atoms with E-state index in [1.165, 1.54) is 10.3 Å². The molecule has 3 rings (SSSR count). The number of rotatable bonds is 4. The molecule has 1 saturated heterocycles. The molecule has 2 aromatic rings. The molecule has 1 atom stereocenters. The van der Waals surface area contributed by atoms with Gasteiger partial charge in [-0.25, -0.2) is 8.42 Å². The second-order valence-corrected chi connectivity index (χ2v) is 9.43. The molecule has 0 unspecified atom stereocenters. The van der Waals surface area contributed by atoms with Crippen molar-refractivity contribution >= 4 is 39.2 Å². The van der Waals surface area contributed by atoms with Crippen LogP contribution in [0.4, 0.5) is 0 Å². The Morgan fingerprint density at radius 2 is 1.91 bits per heavy atom. The number of thiophene rings is 1. The molecule has 6 heteroatoms. The van der Waals surface area contributed by atoms with Gasteiger partial charge >= 0.3 is 0 Å². The van der Waals surface area contributed by atoms with Gasteiger partial charge in [0.2, 0.25) is 10.0 Å². The van der Waals surface area contributed by atoms with Crippen molar-refractivity contribution < 1.29 is 8.42 Å². The van der Waals surface area contributed by atoms with E-state index in [1.807, 2.05) is 42.1 Å². The molecule has 3 nitrogen and oxygen atoms in total. The Morgan fingerprint density at radius 1 is 1.09 bits per heavy atom. The first-order chi connectivity index (χ1) is 11.1. The molecule has 2 heterocycles. The molecule has 1 aliphatic rings. The zero-order chi connectivity index (χ0) is 16.1. The van der Waals surface area contributed by atoms with E-state index in [0.29, 0.717) is 18.3 Å². The number of nitrogens with zero attached hydrogens (tertiary/aromatic N) is 1. The van der Waals surface area contributed by atoms with Gasteiger partial charge in [0.15, 0.2) is 0 Å². The molecule has 1 aromatic heterocycles. The molecule has 122 valence electrons. The Hall–Kier alpha value is -1.08. The Morgan fingerprint density at radius 3 is 2.65 bits per heavy atom. The minimum absolute atomic E-state index is 0.410. The Labute approximate surface area is 146 Å². The summed E-state index contributed by atoms with van der Waals surface area (Å²) in [4.78, 5) is 1.34. The van der Waals surface area contributed by atoms with Crippen LogP contribution in [0, 0.1) is 0 Å².